The van der Waals surface area contributed by atoms with Crippen LogP contribution in [0.1, 0.15) is 32.1 Å². The molecule has 1 aliphatic carbocycles. The zero-order valence-corrected chi connectivity index (χ0v) is 8.94. The van der Waals surface area contributed by atoms with E-state index in [1.54, 1.807) is 0 Å². The summed E-state index contributed by atoms with van der Waals surface area (Å²) in [6.07, 6.45) is 6.82. The first-order valence-electron chi connectivity index (χ1n) is 3.54. The van der Waals surface area contributed by atoms with Crippen LogP contribution in [0.5, 0.6) is 0 Å². The van der Waals surface area contributed by atoms with Gasteiger partial charge in [-0.3, -0.25) is 0 Å². The molecule has 0 atom stereocenters. The summed E-state index contributed by atoms with van der Waals surface area (Å²) >= 11 is 3.12. The van der Waals surface area contributed by atoms with Crippen molar-refractivity contribution in [2.24, 2.45) is 0 Å². The monoisotopic (exact) mass is 238 g/mol. The van der Waals surface area contributed by atoms with Gasteiger partial charge in [0.1, 0.15) is 0 Å². The quantitative estimate of drug-likeness (QED) is 0.372. The molecule has 0 bridgehead atoms. The van der Waals surface area contributed by atoms with Gasteiger partial charge in [0, 0.05) is 0 Å². The average Bonchev–Trinajstić information content (AvgIpc) is 1.91. The summed E-state index contributed by atoms with van der Waals surface area (Å²) in [6, 6.07) is 0.693. The molecule has 1 aliphatic rings. The Kier molecular flexibility index (Phi) is 12.0. The molecule has 0 radical (unpaired) electrons. The first-order valence-corrected chi connectivity index (χ1v) is 4.13. The van der Waals surface area contributed by atoms with Crippen molar-refractivity contribution in [3.63, 3.8) is 0 Å². The predicted molar refractivity (Wildman–Crippen MR) is 33.1 cm³/mol. The van der Waals surface area contributed by atoms with Gasteiger partial charge in [0.2, 0.25) is 0 Å². The van der Waals surface area contributed by atoms with E-state index in [-0.39, 0.29) is 24.8 Å². The Bertz CT molecular complexity index is 76.2. The third-order valence-electron chi connectivity index (χ3n) is 1.86. The Balaban J connectivity index is 0. The Morgan fingerprint density at radius 1 is 1.00 bits per heavy atom. The molecule has 11 heavy (non-hydrogen) atoms. The van der Waals surface area contributed by atoms with Crippen molar-refractivity contribution >= 4 is 0 Å². The Hall–Kier alpha value is 1.02. The summed E-state index contributed by atoms with van der Waals surface area (Å²) in [5.41, 5.74) is 3.15. The van der Waals surface area contributed by atoms with E-state index in [2.05, 4.69) is 26.1 Å². The Morgan fingerprint density at radius 3 is 2.00 bits per heavy atom. The summed E-state index contributed by atoms with van der Waals surface area (Å²) in [6.45, 7) is 0. The van der Waals surface area contributed by atoms with Crippen molar-refractivity contribution in [2.45, 2.75) is 38.1 Å². The molecule has 0 unspecified atom stereocenters. The van der Waals surface area contributed by atoms with E-state index in [9.17, 15) is 0 Å². The van der Waals surface area contributed by atoms with Crippen LogP contribution in [0.3, 0.4) is 0 Å². The standard InChI is InChI=1S/C6H13N2.2ClH.Mn/c7-8-6-4-2-1-3-5-6;;;/h6-8H,1-5H2;2*1H;/q-1;;;+3/p-2. The number of hydrazine groups is 1. The summed E-state index contributed by atoms with van der Waals surface area (Å²) < 4.78 is 2.80. The van der Waals surface area contributed by atoms with E-state index in [4.69, 9.17) is 0 Å². The topological polar surface area (TPSA) is 24.1 Å². The molecule has 2 N–H and O–H groups in total. The van der Waals surface area contributed by atoms with Gasteiger partial charge >= 0.3 is 64.2 Å². The molecule has 2 nitrogen and oxygen atoms in total. The van der Waals surface area contributed by atoms with E-state index < -0.39 is 0 Å². The van der Waals surface area contributed by atoms with Crippen molar-refractivity contribution < 1.29 is 41.0 Å². The van der Waals surface area contributed by atoms with E-state index in [1.165, 1.54) is 32.1 Å². The van der Waals surface area contributed by atoms with Crippen LogP contribution in [0.15, 0.2) is 0 Å². The predicted octanol–water partition coefficient (Wildman–Crippen LogP) is -5.12. The number of rotatable bonds is 2. The molecule has 0 amide bonds. The number of halogens is 2. The van der Waals surface area contributed by atoms with Crippen molar-refractivity contribution in [1.29, 1.82) is 0 Å². The third-order valence-corrected chi connectivity index (χ3v) is 2.03. The van der Waals surface area contributed by atoms with Crippen LogP contribution in [0, 0.1) is 0 Å². The van der Waals surface area contributed by atoms with Crippen molar-refractivity contribution in [1.82, 2.24) is 9.87 Å². The second-order valence-electron chi connectivity index (χ2n) is 2.57. The second-order valence-corrected chi connectivity index (χ2v) is 2.87. The average molecular weight is 239 g/mol. The van der Waals surface area contributed by atoms with Crippen LogP contribution >= 0.6 is 0 Å². The van der Waals surface area contributed by atoms with Gasteiger partial charge in [-0.2, -0.15) is 0 Å². The second kappa shape index (κ2) is 9.11. The first-order chi connectivity index (χ1) is 4.43. The molecule has 0 saturated heterocycles. The van der Waals surface area contributed by atoms with E-state index in [0.717, 1.165) is 0 Å². The molecule has 1 saturated carbocycles. The number of hydrogen-bond donors (Lipinski definition) is 2. The molecule has 68 valence electrons. The zero-order chi connectivity index (χ0) is 6.53. The fraction of sp³-hybridized carbons (Fsp3) is 1.00. The Labute approximate surface area is 89.1 Å². The summed E-state index contributed by atoms with van der Waals surface area (Å²) in [4.78, 5) is 0. The fourth-order valence-corrected chi connectivity index (χ4v) is 1.57. The molecule has 0 aromatic carbocycles. The zero-order valence-electron chi connectivity index (χ0n) is 6.25. The molecular formula is C6H13Cl2MnN2. The van der Waals surface area contributed by atoms with Gasteiger partial charge in [0.25, 0.3) is 0 Å². The summed E-state index contributed by atoms with van der Waals surface area (Å²) in [5, 5.41) is 0. The van der Waals surface area contributed by atoms with Crippen LogP contribution in [-0.4, -0.2) is 6.04 Å². The van der Waals surface area contributed by atoms with E-state index in [0.29, 0.717) is 6.04 Å². The SMILES string of the molecule is [Cl-].[Cl-].[Mn+2][NH]NC1CCCCC1. The van der Waals surface area contributed by atoms with Gasteiger partial charge in [-0.1, -0.05) is 0 Å². The van der Waals surface area contributed by atoms with Crippen LogP contribution in [0.4, 0.5) is 0 Å². The van der Waals surface area contributed by atoms with Gasteiger partial charge in [-0.05, 0) is 0 Å². The maximum absolute atomic E-state index is 3.15. The Morgan fingerprint density at radius 2 is 1.55 bits per heavy atom. The molecule has 5 heteroatoms. The first kappa shape index (κ1) is 14.5. The molecule has 1 fully saturated rings. The van der Waals surface area contributed by atoms with E-state index >= 15 is 0 Å². The third kappa shape index (κ3) is 6.21. The fourth-order valence-electron chi connectivity index (χ4n) is 1.32. The molecule has 0 spiro atoms. The van der Waals surface area contributed by atoms with Crippen LogP contribution < -0.4 is 34.7 Å². The minimum atomic E-state index is 0. The molecule has 0 heterocycles. The van der Waals surface area contributed by atoms with E-state index in [1.807, 2.05) is 0 Å². The van der Waals surface area contributed by atoms with Crippen LogP contribution in [0.25, 0.3) is 0 Å². The molecule has 0 aromatic rings. The van der Waals surface area contributed by atoms with Crippen molar-refractivity contribution in [2.75, 3.05) is 0 Å². The van der Waals surface area contributed by atoms with Crippen LogP contribution in [0.2, 0.25) is 0 Å². The molecular weight excluding hydrogens is 226 g/mol. The van der Waals surface area contributed by atoms with Gasteiger partial charge < -0.3 is 24.8 Å². The summed E-state index contributed by atoms with van der Waals surface area (Å²) in [5.74, 6) is 0. The minimum absolute atomic E-state index is 0. The van der Waals surface area contributed by atoms with Crippen molar-refractivity contribution in [3.05, 3.63) is 0 Å². The number of nitrogens with one attached hydrogen (secondary N) is 2. The van der Waals surface area contributed by atoms with Gasteiger partial charge in [0.15, 0.2) is 0 Å². The van der Waals surface area contributed by atoms with Gasteiger partial charge in [0.05, 0.1) is 0 Å². The molecule has 0 aliphatic heterocycles. The maximum atomic E-state index is 3.15. The van der Waals surface area contributed by atoms with Crippen molar-refractivity contribution in [3.8, 4) is 0 Å². The van der Waals surface area contributed by atoms with Gasteiger partial charge in [-0.15, -0.1) is 0 Å². The summed E-state index contributed by atoms with van der Waals surface area (Å²) in [7, 11) is 0. The van der Waals surface area contributed by atoms with Gasteiger partial charge in [-0.25, -0.2) is 0 Å². The van der Waals surface area contributed by atoms with Crippen LogP contribution in [-0.2, 0) is 16.2 Å². The molecule has 0 aromatic heterocycles. The normalized spacial score (nSPS) is 18.2. The number of hydrogen-bond acceptors (Lipinski definition) is 2. The molecule has 1 rings (SSSR count).